The molecule has 0 saturated heterocycles. The molecule has 1 heterocycles. The third-order valence-electron chi connectivity index (χ3n) is 2.25. The minimum absolute atomic E-state index is 0.659. The zero-order valence-corrected chi connectivity index (χ0v) is 10.1. The second kappa shape index (κ2) is 8.27. The Morgan fingerprint density at radius 3 is 3.00 bits per heavy atom. The van der Waals surface area contributed by atoms with Crippen LogP contribution in [0.1, 0.15) is 12.1 Å². The second-order valence-electron chi connectivity index (χ2n) is 3.53. The van der Waals surface area contributed by atoms with Gasteiger partial charge in [-0.1, -0.05) is 0 Å². The van der Waals surface area contributed by atoms with Crippen molar-refractivity contribution in [1.82, 2.24) is 15.1 Å². The van der Waals surface area contributed by atoms with Crippen molar-refractivity contribution < 1.29 is 9.47 Å². The number of ether oxygens (including phenoxy) is 2. The van der Waals surface area contributed by atoms with Gasteiger partial charge in [0.05, 0.1) is 18.9 Å². The van der Waals surface area contributed by atoms with E-state index in [9.17, 15) is 0 Å². The number of nitrogens with one attached hydrogen (secondary N) is 1. The lowest BCUT2D eigenvalue weighted by Gasteiger charge is -2.07. The average Bonchev–Trinajstić information content (AvgIpc) is 2.72. The van der Waals surface area contributed by atoms with Crippen molar-refractivity contribution in [2.45, 2.75) is 19.5 Å². The van der Waals surface area contributed by atoms with Gasteiger partial charge in [0.25, 0.3) is 0 Å². The van der Waals surface area contributed by atoms with E-state index in [0.717, 1.165) is 26.1 Å². The van der Waals surface area contributed by atoms with Crippen molar-refractivity contribution in [1.29, 1.82) is 0 Å². The molecule has 5 nitrogen and oxygen atoms in total. The predicted octanol–water partition coefficient (Wildman–Crippen LogP) is 0.656. The first-order valence-electron chi connectivity index (χ1n) is 5.60. The van der Waals surface area contributed by atoms with Gasteiger partial charge < -0.3 is 14.8 Å². The minimum Gasteiger partial charge on any atom is -0.382 e. The van der Waals surface area contributed by atoms with Crippen LogP contribution in [-0.2, 0) is 22.6 Å². The van der Waals surface area contributed by atoms with Gasteiger partial charge in [0, 0.05) is 33.0 Å². The molecule has 0 saturated carbocycles. The smallest absolute Gasteiger partial charge is 0.0700 e. The Morgan fingerprint density at radius 2 is 2.25 bits per heavy atom. The molecule has 1 aromatic rings. The van der Waals surface area contributed by atoms with Crippen molar-refractivity contribution in [3.05, 3.63) is 18.0 Å². The Balaban J connectivity index is 2.13. The lowest BCUT2D eigenvalue weighted by Crippen LogP contribution is -2.13. The summed E-state index contributed by atoms with van der Waals surface area (Å²) in [6.07, 6.45) is 2.81. The SMILES string of the molecule is CNCc1ccnn1CCCOCCOC. The van der Waals surface area contributed by atoms with Gasteiger partial charge in [-0.15, -0.1) is 0 Å². The van der Waals surface area contributed by atoms with E-state index in [1.54, 1.807) is 7.11 Å². The van der Waals surface area contributed by atoms with Crippen molar-refractivity contribution in [3.8, 4) is 0 Å². The summed E-state index contributed by atoms with van der Waals surface area (Å²) < 4.78 is 12.3. The highest BCUT2D eigenvalue weighted by molar-refractivity contribution is 4.99. The molecule has 5 heteroatoms. The van der Waals surface area contributed by atoms with Crippen LogP contribution in [-0.4, -0.2) is 43.8 Å². The Kier molecular flexibility index (Phi) is 6.80. The first kappa shape index (κ1) is 13.2. The largest absolute Gasteiger partial charge is 0.382 e. The topological polar surface area (TPSA) is 48.3 Å². The molecule has 0 radical (unpaired) electrons. The van der Waals surface area contributed by atoms with Gasteiger partial charge in [0.2, 0.25) is 0 Å². The highest BCUT2D eigenvalue weighted by atomic mass is 16.5. The molecule has 0 aliphatic rings. The van der Waals surface area contributed by atoms with Gasteiger partial charge in [-0.2, -0.15) is 5.10 Å². The van der Waals surface area contributed by atoms with Crippen LogP contribution in [0.15, 0.2) is 12.3 Å². The zero-order valence-electron chi connectivity index (χ0n) is 10.1. The van der Waals surface area contributed by atoms with E-state index in [1.165, 1.54) is 5.69 Å². The maximum atomic E-state index is 5.39. The van der Waals surface area contributed by atoms with Gasteiger partial charge in [0.15, 0.2) is 0 Å². The number of rotatable bonds is 9. The maximum absolute atomic E-state index is 5.39. The van der Waals surface area contributed by atoms with Gasteiger partial charge >= 0.3 is 0 Å². The molecule has 1 aromatic heterocycles. The molecule has 16 heavy (non-hydrogen) atoms. The number of hydrogen-bond acceptors (Lipinski definition) is 4. The van der Waals surface area contributed by atoms with Crippen LogP contribution < -0.4 is 5.32 Å². The zero-order chi connectivity index (χ0) is 11.6. The van der Waals surface area contributed by atoms with Crippen molar-refractivity contribution in [2.75, 3.05) is 34.0 Å². The quantitative estimate of drug-likeness (QED) is 0.629. The summed E-state index contributed by atoms with van der Waals surface area (Å²) in [5.74, 6) is 0. The molecule has 0 bridgehead atoms. The van der Waals surface area contributed by atoms with Crippen molar-refractivity contribution >= 4 is 0 Å². The molecule has 0 aliphatic carbocycles. The fraction of sp³-hybridized carbons (Fsp3) is 0.727. The third-order valence-corrected chi connectivity index (χ3v) is 2.25. The number of aromatic nitrogens is 2. The Hall–Kier alpha value is -0.910. The lowest BCUT2D eigenvalue weighted by atomic mass is 10.4. The van der Waals surface area contributed by atoms with Gasteiger partial charge in [-0.05, 0) is 19.5 Å². The second-order valence-corrected chi connectivity index (χ2v) is 3.53. The van der Waals surface area contributed by atoms with E-state index in [-0.39, 0.29) is 0 Å². The fourth-order valence-electron chi connectivity index (χ4n) is 1.45. The molecule has 0 aromatic carbocycles. The standard InChI is InChI=1S/C11H21N3O2/c1-12-10-11-4-5-13-14(11)6-3-7-16-9-8-15-2/h4-5,12H,3,6-10H2,1-2H3. The van der Waals surface area contributed by atoms with E-state index >= 15 is 0 Å². The summed E-state index contributed by atoms with van der Waals surface area (Å²) in [5.41, 5.74) is 1.21. The number of hydrogen-bond donors (Lipinski definition) is 1. The summed E-state index contributed by atoms with van der Waals surface area (Å²) in [6.45, 7) is 3.83. The van der Waals surface area contributed by atoms with Gasteiger partial charge in [0.1, 0.15) is 0 Å². The Bertz CT molecular complexity index is 276. The summed E-state index contributed by atoms with van der Waals surface area (Å²) >= 11 is 0. The molecule has 1 rings (SSSR count). The molecular weight excluding hydrogens is 206 g/mol. The average molecular weight is 227 g/mol. The van der Waals surface area contributed by atoms with E-state index in [4.69, 9.17) is 9.47 Å². The monoisotopic (exact) mass is 227 g/mol. The molecule has 92 valence electrons. The van der Waals surface area contributed by atoms with Gasteiger partial charge in [-0.3, -0.25) is 4.68 Å². The van der Waals surface area contributed by atoms with Crippen LogP contribution in [0.3, 0.4) is 0 Å². The van der Waals surface area contributed by atoms with E-state index in [2.05, 4.69) is 10.4 Å². The van der Waals surface area contributed by atoms with Crippen LogP contribution in [0.2, 0.25) is 0 Å². The first-order chi connectivity index (χ1) is 7.88. The normalized spacial score (nSPS) is 10.9. The van der Waals surface area contributed by atoms with Crippen molar-refractivity contribution in [3.63, 3.8) is 0 Å². The molecule has 0 atom stereocenters. The summed E-state index contributed by atoms with van der Waals surface area (Å²) in [7, 11) is 3.61. The van der Waals surface area contributed by atoms with Gasteiger partial charge in [-0.25, -0.2) is 0 Å². The Morgan fingerprint density at radius 1 is 1.38 bits per heavy atom. The molecule has 0 aliphatic heterocycles. The summed E-state index contributed by atoms with van der Waals surface area (Å²) in [6, 6.07) is 2.03. The van der Waals surface area contributed by atoms with Crippen LogP contribution in [0.25, 0.3) is 0 Å². The molecule has 0 fully saturated rings. The Labute approximate surface area is 96.7 Å². The number of nitrogens with zero attached hydrogens (tertiary/aromatic N) is 2. The molecule has 0 spiro atoms. The third kappa shape index (κ3) is 4.74. The molecule has 1 N–H and O–H groups in total. The van der Waals surface area contributed by atoms with E-state index in [1.807, 2.05) is 24.0 Å². The fourth-order valence-corrected chi connectivity index (χ4v) is 1.45. The molecule has 0 unspecified atom stereocenters. The van der Waals surface area contributed by atoms with E-state index < -0.39 is 0 Å². The highest BCUT2D eigenvalue weighted by Crippen LogP contribution is 1.99. The summed E-state index contributed by atoms with van der Waals surface area (Å²) in [4.78, 5) is 0. The molecular formula is C11H21N3O2. The minimum atomic E-state index is 0.659. The number of aryl methyl sites for hydroxylation is 1. The van der Waals surface area contributed by atoms with E-state index in [0.29, 0.717) is 13.2 Å². The maximum Gasteiger partial charge on any atom is 0.0700 e. The van der Waals surface area contributed by atoms with Crippen LogP contribution in [0, 0.1) is 0 Å². The summed E-state index contributed by atoms with van der Waals surface area (Å²) in [5, 5.41) is 7.39. The van der Waals surface area contributed by atoms with Crippen LogP contribution in [0.5, 0.6) is 0 Å². The van der Waals surface area contributed by atoms with Crippen LogP contribution >= 0.6 is 0 Å². The number of methoxy groups -OCH3 is 1. The first-order valence-corrected chi connectivity index (χ1v) is 5.60. The van der Waals surface area contributed by atoms with Crippen molar-refractivity contribution in [2.24, 2.45) is 0 Å². The predicted molar refractivity (Wildman–Crippen MR) is 62.3 cm³/mol. The molecule has 0 amide bonds. The highest BCUT2D eigenvalue weighted by Gasteiger charge is 2.00. The van der Waals surface area contributed by atoms with Crippen LogP contribution in [0.4, 0.5) is 0 Å². The lowest BCUT2D eigenvalue weighted by molar-refractivity contribution is 0.0676.